The van der Waals surface area contributed by atoms with Crippen molar-refractivity contribution in [2.45, 2.75) is 19.3 Å². The molecule has 3 nitrogen and oxygen atoms in total. The number of Topliss-reactive ketones (excluding diaryl/α,β-unsaturated/α-hetero) is 1. The van der Waals surface area contributed by atoms with Crippen LogP contribution in [-0.4, -0.2) is 20.0 Å². The Morgan fingerprint density at radius 2 is 1.73 bits per heavy atom. The fraction of sp³-hybridized carbons (Fsp3) is 0.316. The summed E-state index contributed by atoms with van der Waals surface area (Å²) in [5.74, 6) is 1.90. The third kappa shape index (κ3) is 2.37. The SMILES string of the molecule is COc1ccc(CC2C(=O)c3ccccc3C2C)cc1OC. The van der Waals surface area contributed by atoms with Crippen molar-refractivity contribution in [3.63, 3.8) is 0 Å². The average molecular weight is 296 g/mol. The Labute approximate surface area is 130 Å². The van der Waals surface area contributed by atoms with E-state index >= 15 is 0 Å². The first-order chi connectivity index (χ1) is 10.7. The summed E-state index contributed by atoms with van der Waals surface area (Å²) in [6.45, 7) is 2.13. The van der Waals surface area contributed by atoms with Crippen LogP contribution in [0, 0.1) is 5.92 Å². The van der Waals surface area contributed by atoms with Gasteiger partial charge in [-0.05, 0) is 35.6 Å². The molecule has 1 aliphatic carbocycles. The quantitative estimate of drug-likeness (QED) is 0.859. The van der Waals surface area contributed by atoms with E-state index in [1.807, 2.05) is 36.4 Å². The number of hydrogen-bond donors (Lipinski definition) is 0. The Kier molecular flexibility index (Phi) is 3.88. The molecular formula is C19H20O3. The Bertz CT molecular complexity index is 706. The van der Waals surface area contributed by atoms with Crippen molar-refractivity contribution >= 4 is 5.78 Å². The zero-order chi connectivity index (χ0) is 15.7. The average Bonchev–Trinajstić information content (AvgIpc) is 2.80. The first-order valence-electron chi connectivity index (χ1n) is 7.49. The highest BCUT2D eigenvalue weighted by atomic mass is 16.5. The van der Waals surface area contributed by atoms with Crippen molar-refractivity contribution in [2.24, 2.45) is 5.92 Å². The largest absolute Gasteiger partial charge is 0.493 e. The number of carbonyl (C=O) groups is 1. The van der Waals surface area contributed by atoms with Gasteiger partial charge in [0, 0.05) is 11.5 Å². The van der Waals surface area contributed by atoms with Gasteiger partial charge < -0.3 is 9.47 Å². The fourth-order valence-corrected chi connectivity index (χ4v) is 3.29. The lowest BCUT2D eigenvalue weighted by molar-refractivity contribution is 0.0925. The Hall–Kier alpha value is -2.29. The third-order valence-electron chi connectivity index (χ3n) is 4.56. The highest BCUT2D eigenvalue weighted by Crippen LogP contribution is 2.40. The Morgan fingerprint density at radius 1 is 1.00 bits per heavy atom. The zero-order valence-corrected chi connectivity index (χ0v) is 13.1. The minimum atomic E-state index is -0.00417. The molecule has 0 aromatic heterocycles. The van der Waals surface area contributed by atoms with E-state index < -0.39 is 0 Å². The molecule has 22 heavy (non-hydrogen) atoms. The van der Waals surface area contributed by atoms with Crippen LogP contribution in [0.4, 0.5) is 0 Å². The van der Waals surface area contributed by atoms with E-state index in [1.165, 1.54) is 0 Å². The minimum Gasteiger partial charge on any atom is -0.493 e. The van der Waals surface area contributed by atoms with Gasteiger partial charge in [-0.15, -0.1) is 0 Å². The number of ketones is 1. The number of ether oxygens (including phenoxy) is 2. The van der Waals surface area contributed by atoms with Crippen molar-refractivity contribution in [1.29, 1.82) is 0 Å². The molecule has 0 N–H and O–H groups in total. The highest BCUT2D eigenvalue weighted by molar-refractivity contribution is 6.03. The van der Waals surface area contributed by atoms with Gasteiger partial charge in [0.05, 0.1) is 14.2 Å². The van der Waals surface area contributed by atoms with Gasteiger partial charge in [0.15, 0.2) is 17.3 Å². The van der Waals surface area contributed by atoms with Crippen molar-refractivity contribution in [2.75, 3.05) is 14.2 Å². The van der Waals surface area contributed by atoms with E-state index in [1.54, 1.807) is 14.2 Å². The summed E-state index contributed by atoms with van der Waals surface area (Å²) in [6, 6.07) is 13.8. The van der Waals surface area contributed by atoms with Crippen molar-refractivity contribution in [3.05, 3.63) is 59.2 Å². The summed E-state index contributed by atoms with van der Waals surface area (Å²) in [4.78, 5) is 12.6. The summed E-state index contributed by atoms with van der Waals surface area (Å²) < 4.78 is 10.6. The molecule has 2 atom stereocenters. The molecule has 2 unspecified atom stereocenters. The number of methoxy groups -OCH3 is 2. The van der Waals surface area contributed by atoms with E-state index in [9.17, 15) is 4.79 Å². The van der Waals surface area contributed by atoms with Crippen LogP contribution in [0.1, 0.15) is 34.3 Å². The molecule has 1 aliphatic rings. The molecule has 3 heteroatoms. The summed E-state index contributed by atoms with van der Waals surface area (Å²) in [5, 5.41) is 0. The molecule has 0 spiro atoms. The fourth-order valence-electron chi connectivity index (χ4n) is 3.29. The lowest BCUT2D eigenvalue weighted by atomic mass is 9.88. The normalized spacial score (nSPS) is 19.9. The van der Waals surface area contributed by atoms with Crippen LogP contribution in [0.2, 0.25) is 0 Å². The van der Waals surface area contributed by atoms with Crippen molar-refractivity contribution in [3.8, 4) is 11.5 Å². The molecule has 2 aromatic carbocycles. The zero-order valence-electron chi connectivity index (χ0n) is 13.1. The number of hydrogen-bond acceptors (Lipinski definition) is 3. The van der Waals surface area contributed by atoms with Gasteiger partial charge in [0.25, 0.3) is 0 Å². The van der Waals surface area contributed by atoms with E-state index in [2.05, 4.69) is 13.0 Å². The monoisotopic (exact) mass is 296 g/mol. The number of carbonyl (C=O) groups excluding carboxylic acids is 1. The summed E-state index contributed by atoms with van der Waals surface area (Å²) in [5.41, 5.74) is 3.13. The van der Waals surface area contributed by atoms with Crippen molar-refractivity contribution in [1.82, 2.24) is 0 Å². The molecule has 0 heterocycles. The van der Waals surface area contributed by atoms with E-state index in [4.69, 9.17) is 9.47 Å². The maximum Gasteiger partial charge on any atom is 0.167 e. The predicted molar refractivity (Wildman–Crippen MR) is 85.9 cm³/mol. The molecular weight excluding hydrogens is 276 g/mol. The van der Waals surface area contributed by atoms with Gasteiger partial charge in [-0.3, -0.25) is 4.79 Å². The topological polar surface area (TPSA) is 35.5 Å². The number of fused-ring (bicyclic) bond motifs is 1. The standard InChI is InChI=1S/C19H20O3/c1-12-14-6-4-5-7-15(14)19(20)16(12)10-13-8-9-17(21-2)18(11-13)22-3/h4-9,11-12,16H,10H2,1-3H3. The number of rotatable bonds is 4. The van der Waals surface area contributed by atoms with Crippen LogP contribution in [0.5, 0.6) is 11.5 Å². The van der Waals surface area contributed by atoms with Crippen molar-refractivity contribution < 1.29 is 14.3 Å². The maximum atomic E-state index is 12.6. The molecule has 0 radical (unpaired) electrons. The van der Waals surface area contributed by atoms with E-state index in [0.717, 1.165) is 23.1 Å². The first-order valence-corrected chi connectivity index (χ1v) is 7.49. The lowest BCUT2D eigenvalue weighted by Crippen LogP contribution is -2.15. The third-order valence-corrected chi connectivity index (χ3v) is 4.56. The van der Waals surface area contributed by atoms with Crippen LogP contribution in [0.3, 0.4) is 0 Å². The van der Waals surface area contributed by atoms with Gasteiger partial charge >= 0.3 is 0 Å². The Balaban J connectivity index is 1.87. The van der Waals surface area contributed by atoms with Gasteiger partial charge in [-0.1, -0.05) is 37.3 Å². The molecule has 0 bridgehead atoms. The van der Waals surface area contributed by atoms with Crippen LogP contribution in [0.25, 0.3) is 0 Å². The Morgan fingerprint density at radius 3 is 2.41 bits per heavy atom. The molecule has 114 valence electrons. The molecule has 0 saturated carbocycles. The van der Waals surface area contributed by atoms with Gasteiger partial charge in [0.1, 0.15) is 0 Å². The number of benzene rings is 2. The predicted octanol–water partition coefficient (Wildman–Crippen LogP) is 3.86. The van der Waals surface area contributed by atoms with Crippen LogP contribution in [0.15, 0.2) is 42.5 Å². The smallest absolute Gasteiger partial charge is 0.167 e. The molecule has 0 aliphatic heterocycles. The second-order valence-corrected chi connectivity index (χ2v) is 5.74. The van der Waals surface area contributed by atoms with Gasteiger partial charge in [-0.25, -0.2) is 0 Å². The molecule has 0 saturated heterocycles. The van der Waals surface area contributed by atoms with E-state index in [0.29, 0.717) is 11.5 Å². The summed E-state index contributed by atoms with van der Waals surface area (Å²) in [7, 11) is 3.25. The van der Waals surface area contributed by atoms with Gasteiger partial charge in [-0.2, -0.15) is 0 Å². The molecule has 3 rings (SSSR count). The van der Waals surface area contributed by atoms with Crippen LogP contribution >= 0.6 is 0 Å². The minimum absolute atomic E-state index is 0.00417. The van der Waals surface area contributed by atoms with Crippen LogP contribution in [-0.2, 0) is 6.42 Å². The van der Waals surface area contributed by atoms with Gasteiger partial charge in [0.2, 0.25) is 0 Å². The maximum absolute atomic E-state index is 12.6. The highest BCUT2D eigenvalue weighted by Gasteiger charge is 2.36. The molecule has 0 amide bonds. The molecule has 0 fully saturated rings. The second-order valence-electron chi connectivity index (χ2n) is 5.74. The van der Waals surface area contributed by atoms with Crippen LogP contribution < -0.4 is 9.47 Å². The summed E-state index contributed by atoms with van der Waals surface area (Å²) >= 11 is 0. The lowest BCUT2D eigenvalue weighted by Gasteiger charge is -2.16. The van der Waals surface area contributed by atoms with E-state index in [-0.39, 0.29) is 17.6 Å². The molecule has 2 aromatic rings. The second kappa shape index (κ2) is 5.84. The first kappa shape index (κ1) is 14.6. The summed E-state index contributed by atoms with van der Waals surface area (Å²) in [6.07, 6.45) is 0.717.